The number of nitrogens with zero attached hydrogens (tertiary/aromatic N) is 6. The van der Waals surface area contributed by atoms with Crippen LogP contribution in [0.25, 0.3) is 32.2 Å². The van der Waals surface area contributed by atoms with E-state index >= 15 is 4.39 Å². The molecule has 0 aliphatic carbocycles. The van der Waals surface area contributed by atoms with Gasteiger partial charge in [-0.25, -0.2) is 18.2 Å². The lowest BCUT2D eigenvalue weighted by Gasteiger charge is -2.35. The second-order valence-electron chi connectivity index (χ2n) is 12.2. The summed E-state index contributed by atoms with van der Waals surface area (Å²) < 4.78 is 96.2. The maximum Gasteiger partial charge on any atom is 0.417 e. The number of rotatable bonds is 5. The van der Waals surface area contributed by atoms with E-state index in [0.717, 1.165) is 36.0 Å². The van der Waals surface area contributed by atoms with E-state index in [4.69, 9.17) is 10.5 Å². The molecule has 48 heavy (non-hydrogen) atoms. The highest BCUT2D eigenvalue weighted by Crippen LogP contribution is 2.46. The van der Waals surface area contributed by atoms with Crippen LogP contribution in [0.3, 0.4) is 0 Å². The van der Waals surface area contributed by atoms with Crippen molar-refractivity contribution in [1.82, 2.24) is 24.8 Å². The summed E-state index contributed by atoms with van der Waals surface area (Å²) >= 11 is 0.734. The SMILES string of the molecule is CC#CC(=O)N1CCN(c2nc(OC[C@]34CCCN3C[C@H](F)C4)nc3c(F)c(-c4ccc(F)c5sc(N)nc45)c(C(F)(F)F)cc23)CC1. The highest BCUT2D eigenvalue weighted by atomic mass is 32.1. The molecule has 2 N–H and O–H groups in total. The number of alkyl halides is 4. The molecular formula is C32H29F6N7O2S. The smallest absolute Gasteiger partial charge is 0.417 e. The fourth-order valence-electron chi connectivity index (χ4n) is 7.13. The molecule has 0 bridgehead atoms. The minimum atomic E-state index is -5.06. The third-order valence-corrected chi connectivity index (χ3v) is 10.2. The average Bonchev–Trinajstić information content (AvgIpc) is 3.72. The first-order valence-electron chi connectivity index (χ1n) is 15.3. The van der Waals surface area contributed by atoms with Crippen molar-refractivity contribution in [3.8, 4) is 29.0 Å². The summed E-state index contributed by atoms with van der Waals surface area (Å²) in [5.41, 5.74) is 2.00. The third kappa shape index (κ3) is 5.52. The van der Waals surface area contributed by atoms with Crippen LogP contribution < -0.4 is 15.4 Å². The zero-order valence-corrected chi connectivity index (χ0v) is 26.5. The van der Waals surface area contributed by atoms with E-state index in [1.807, 2.05) is 4.90 Å². The van der Waals surface area contributed by atoms with Crippen LogP contribution in [0.4, 0.5) is 37.3 Å². The Bertz CT molecular complexity index is 2000. The van der Waals surface area contributed by atoms with Crippen LogP contribution in [0, 0.1) is 23.5 Å². The van der Waals surface area contributed by atoms with Gasteiger partial charge in [-0.15, -0.1) is 0 Å². The van der Waals surface area contributed by atoms with Crippen molar-refractivity contribution < 1.29 is 35.9 Å². The van der Waals surface area contributed by atoms with Gasteiger partial charge in [0.25, 0.3) is 5.91 Å². The Morgan fingerprint density at radius 3 is 2.62 bits per heavy atom. The number of nitrogen functional groups attached to an aromatic ring is 1. The van der Waals surface area contributed by atoms with E-state index in [9.17, 15) is 26.7 Å². The van der Waals surface area contributed by atoms with Gasteiger partial charge in [-0.3, -0.25) is 9.69 Å². The maximum absolute atomic E-state index is 16.8. The van der Waals surface area contributed by atoms with Crippen molar-refractivity contribution in [2.24, 2.45) is 0 Å². The number of hydrogen-bond acceptors (Lipinski definition) is 9. The molecule has 0 unspecified atom stereocenters. The predicted molar refractivity (Wildman–Crippen MR) is 168 cm³/mol. The predicted octanol–water partition coefficient (Wildman–Crippen LogP) is 5.41. The van der Waals surface area contributed by atoms with Crippen molar-refractivity contribution in [3.63, 3.8) is 0 Å². The Morgan fingerprint density at radius 1 is 1.12 bits per heavy atom. The number of anilines is 2. The first-order chi connectivity index (χ1) is 22.9. The van der Waals surface area contributed by atoms with Crippen LogP contribution in [0.15, 0.2) is 18.2 Å². The molecule has 2 aromatic heterocycles. The highest BCUT2D eigenvalue weighted by molar-refractivity contribution is 7.22. The van der Waals surface area contributed by atoms with E-state index in [2.05, 4.69) is 26.8 Å². The lowest BCUT2D eigenvalue weighted by atomic mass is 9.95. The molecular weight excluding hydrogens is 660 g/mol. The molecule has 4 aromatic rings. The molecule has 7 rings (SSSR count). The van der Waals surface area contributed by atoms with Gasteiger partial charge in [-0.2, -0.15) is 23.1 Å². The van der Waals surface area contributed by atoms with Crippen molar-refractivity contribution in [2.45, 2.75) is 44.1 Å². The Morgan fingerprint density at radius 2 is 1.90 bits per heavy atom. The summed E-state index contributed by atoms with van der Waals surface area (Å²) in [4.78, 5) is 30.3. The average molecular weight is 690 g/mol. The van der Waals surface area contributed by atoms with Gasteiger partial charge in [-0.1, -0.05) is 17.3 Å². The van der Waals surface area contributed by atoms with E-state index in [1.165, 1.54) is 11.8 Å². The molecule has 16 heteroatoms. The molecule has 5 heterocycles. The van der Waals surface area contributed by atoms with Gasteiger partial charge < -0.3 is 20.3 Å². The number of aromatic nitrogens is 3. The van der Waals surface area contributed by atoms with Crippen LogP contribution in [0.5, 0.6) is 6.01 Å². The lowest BCUT2D eigenvalue weighted by molar-refractivity contribution is -0.137. The van der Waals surface area contributed by atoms with Crippen LogP contribution in [-0.4, -0.2) is 88.2 Å². The first-order valence-corrected chi connectivity index (χ1v) is 16.1. The molecule has 3 fully saturated rings. The van der Waals surface area contributed by atoms with Crippen molar-refractivity contribution in [1.29, 1.82) is 0 Å². The van der Waals surface area contributed by atoms with Crippen molar-refractivity contribution >= 4 is 49.3 Å². The number of carbonyl (C=O) groups excluding carboxylic acids is 1. The zero-order chi connectivity index (χ0) is 34.0. The molecule has 0 saturated carbocycles. The Labute approximate surface area is 274 Å². The third-order valence-electron chi connectivity index (χ3n) is 9.31. The zero-order valence-electron chi connectivity index (χ0n) is 25.6. The number of hydrogen-bond donors (Lipinski definition) is 1. The summed E-state index contributed by atoms with van der Waals surface area (Å²) in [6.45, 7) is 3.20. The van der Waals surface area contributed by atoms with Crippen molar-refractivity contribution in [3.05, 3.63) is 35.4 Å². The minimum absolute atomic E-state index is 0.00211. The molecule has 1 amide bonds. The van der Waals surface area contributed by atoms with Crippen LogP contribution in [0.2, 0.25) is 0 Å². The molecule has 9 nitrogen and oxygen atoms in total. The van der Waals surface area contributed by atoms with E-state index in [-0.39, 0.29) is 89.8 Å². The number of ether oxygens (including phenoxy) is 1. The first kappa shape index (κ1) is 32.2. The van der Waals surface area contributed by atoms with Crippen LogP contribution in [-0.2, 0) is 11.0 Å². The maximum atomic E-state index is 16.8. The van der Waals surface area contributed by atoms with E-state index in [0.29, 0.717) is 13.0 Å². The van der Waals surface area contributed by atoms with Gasteiger partial charge in [-0.05, 0) is 50.4 Å². The molecule has 0 spiro atoms. The van der Waals surface area contributed by atoms with Gasteiger partial charge in [0.05, 0.1) is 21.3 Å². The monoisotopic (exact) mass is 689 g/mol. The number of thiazole rings is 1. The number of amides is 1. The number of nitrogens with two attached hydrogens (primary N) is 1. The highest BCUT2D eigenvalue weighted by Gasteiger charge is 2.49. The molecule has 0 radical (unpaired) electrons. The fourth-order valence-corrected chi connectivity index (χ4v) is 7.90. The van der Waals surface area contributed by atoms with Gasteiger partial charge in [0.2, 0.25) is 0 Å². The van der Waals surface area contributed by atoms with E-state index in [1.54, 1.807) is 4.90 Å². The second-order valence-corrected chi connectivity index (χ2v) is 13.2. The normalized spacial score (nSPS) is 21.5. The topological polar surface area (TPSA) is 101 Å². The largest absolute Gasteiger partial charge is 0.461 e. The molecule has 252 valence electrons. The minimum Gasteiger partial charge on any atom is -0.461 e. The summed E-state index contributed by atoms with van der Waals surface area (Å²) in [6.07, 6.45) is -4.33. The number of fused-ring (bicyclic) bond motifs is 3. The standard InChI is InChI=1S/C32H29F6N7O2S/c1-2-4-22(46)43-9-11-44(12-10-43)28-19-13-20(32(36,37)38)23(18-5-6-21(34)27-26(18)40-29(39)48-27)24(35)25(19)41-30(42-28)47-16-31-7-3-8-45(31)15-17(33)14-31/h5-6,13,17H,3,7-12,14-16H2,1H3,(H2,39,40)/t17-,31-/m1/s1. The quantitative estimate of drug-likeness (QED) is 0.219. The van der Waals surface area contributed by atoms with Gasteiger partial charge in [0, 0.05) is 55.7 Å². The number of carbonyl (C=O) groups is 1. The van der Waals surface area contributed by atoms with Crippen LogP contribution in [0.1, 0.15) is 31.7 Å². The Hall–Kier alpha value is -4.36. The summed E-state index contributed by atoms with van der Waals surface area (Å²) in [5.74, 6) is 2.54. The number of benzene rings is 2. The van der Waals surface area contributed by atoms with Gasteiger partial charge >= 0.3 is 12.2 Å². The molecule has 3 aliphatic rings. The lowest BCUT2D eigenvalue weighted by Crippen LogP contribution is -2.48. The molecule has 2 aromatic carbocycles. The second kappa shape index (κ2) is 12.0. The molecule has 2 atom stereocenters. The number of piperazine rings is 1. The van der Waals surface area contributed by atoms with E-state index < -0.39 is 46.2 Å². The summed E-state index contributed by atoms with van der Waals surface area (Å²) in [5, 5.41) is -0.331. The Balaban J connectivity index is 1.39. The van der Waals surface area contributed by atoms with Gasteiger partial charge in [0.1, 0.15) is 29.9 Å². The Kier molecular flexibility index (Phi) is 8.02. The summed E-state index contributed by atoms with van der Waals surface area (Å²) in [6, 6.07) is 2.46. The van der Waals surface area contributed by atoms with Gasteiger partial charge in [0.15, 0.2) is 10.9 Å². The molecule has 3 saturated heterocycles. The summed E-state index contributed by atoms with van der Waals surface area (Å²) in [7, 11) is 0. The fraction of sp³-hybridized carbons (Fsp3) is 0.438. The van der Waals surface area contributed by atoms with Crippen LogP contribution >= 0.6 is 11.3 Å². The van der Waals surface area contributed by atoms with Crippen molar-refractivity contribution in [2.75, 3.05) is 56.5 Å². The number of halogens is 6. The molecule has 3 aliphatic heterocycles.